The lowest BCUT2D eigenvalue weighted by Gasteiger charge is -2.31. The van der Waals surface area contributed by atoms with E-state index in [1.54, 1.807) is 0 Å². The molecule has 2 nitrogen and oxygen atoms in total. The third-order valence-corrected chi connectivity index (χ3v) is 3.59. The maximum Gasteiger partial charge on any atom is 0.122 e. The van der Waals surface area contributed by atoms with E-state index in [4.69, 9.17) is 10.00 Å². The van der Waals surface area contributed by atoms with Crippen molar-refractivity contribution in [3.8, 4) is 11.8 Å². The molecule has 0 spiro atoms. The molecule has 3 unspecified atom stereocenters. The van der Waals surface area contributed by atoms with Crippen molar-refractivity contribution >= 4 is 0 Å². The van der Waals surface area contributed by atoms with E-state index in [0.29, 0.717) is 5.92 Å². The molecular formula is C15H19NO. The van der Waals surface area contributed by atoms with E-state index in [0.717, 1.165) is 30.6 Å². The van der Waals surface area contributed by atoms with E-state index in [9.17, 15) is 0 Å². The molecule has 17 heavy (non-hydrogen) atoms. The van der Waals surface area contributed by atoms with E-state index in [1.807, 2.05) is 31.2 Å². The van der Waals surface area contributed by atoms with Crippen LogP contribution in [-0.2, 0) is 0 Å². The third kappa shape index (κ3) is 2.79. The van der Waals surface area contributed by atoms with Gasteiger partial charge in [-0.15, -0.1) is 0 Å². The monoisotopic (exact) mass is 229 g/mol. The summed E-state index contributed by atoms with van der Waals surface area (Å²) in [6.07, 6.45) is 3.16. The van der Waals surface area contributed by atoms with Gasteiger partial charge in [-0.25, -0.2) is 0 Å². The first-order chi connectivity index (χ1) is 8.20. The van der Waals surface area contributed by atoms with Crippen LogP contribution in [0, 0.1) is 30.1 Å². The Morgan fingerprint density at radius 3 is 2.76 bits per heavy atom. The lowest BCUT2D eigenvalue weighted by molar-refractivity contribution is 0.0949. The van der Waals surface area contributed by atoms with E-state index in [-0.39, 0.29) is 12.0 Å². The summed E-state index contributed by atoms with van der Waals surface area (Å²) in [6.45, 7) is 4.28. The highest BCUT2D eigenvalue weighted by atomic mass is 16.5. The van der Waals surface area contributed by atoms with Crippen LogP contribution in [0.5, 0.6) is 5.75 Å². The molecule has 0 saturated heterocycles. The van der Waals surface area contributed by atoms with Crippen LogP contribution >= 0.6 is 0 Å². The van der Waals surface area contributed by atoms with Crippen LogP contribution in [0.1, 0.15) is 31.7 Å². The molecule has 0 heterocycles. The Kier molecular flexibility index (Phi) is 3.68. The lowest BCUT2D eigenvalue weighted by atomic mass is 9.81. The predicted molar refractivity (Wildman–Crippen MR) is 67.7 cm³/mol. The van der Waals surface area contributed by atoms with Gasteiger partial charge < -0.3 is 4.74 Å². The van der Waals surface area contributed by atoms with Gasteiger partial charge in [-0.3, -0.25) is 0 Å². The summed E-state index contributed by atoms with van der Waals surface area (Å²) in [5.74, 6) is 1.63. The first-order valence-corrected chi connectivity index (χ1v) is 6.32. The van der Waals surface area contributed by atoms with Gasteiger partial charge in [-0.1, -0.05) is 25.1 Å². The molecule has 2 rings (SSSR count). The molecule has 1 fully saturated rings. The number of nitriles is 1. The largest absolute Gasteiger partial charge is 0.489 e. The van der Waals surface area contributed by atoms with Crippen LogP contribution in [-0.4, -0.2) is 6.10 Å². The van der Waals surface area contributed by atoms with Crippen molar-refractivity contribution in [3.05, 3.63) is 29.8 Å². The molecule has 1 saturated carbocycles. The number of ether oxygens (including phenoxy) is 1. The molecule has 0 bridgehead atoms. The molecule has 2 heteroatoms. The highest BCUT2D eigenvalue weighted by Crippen LogP contribution is 2.32. The molecule has 0 amide bonds. The smallest absolute Gasteiger partial charge is 0.122 e. The van der Waals surface area contributed by atoms with Crippen LogP contribution in [0.3, 0.4) is 0 Å². The minimum Gasteiger partial charge on any atom is -0.489 e. The molecule has 0 radical (unpaired) electrons. The molecule has 1 aromatic rings. The number of hydrogen-bond donors (Lipinski definition) is 0. The minimum absolute atomic E-state index is 0.0470. The number of rotatable bonds is 2. The van der Waals surface area contributed by atoms with Crippen LogP contribution in [0.15, 0.2) is 24.3 Å². The van der Waals surface area contributed by atoms with Crippen molar-refractivity contribution in [1.29, 1.82) is 5.26 Å². The summed E-state index contributed by atoms with van der Waals surface area (Å²) in [5.41, 5.74) is 1.14. The fraction of sp³-hybridized carbons (Fsp3) is 0.533. The van der Waals surface area contributed by atoms with Crippen LogP contribution in [0.2, 0.25) is 0 Å². The normalized spacial score (nSPS) is 28.4. The summed E-state index contributed by atoms with van der Waals surface area (Å²) in [5, 5.41) is 9.17. The highest BCUT2D eigenvalue weighted by molar-refractivity contribution is 5.32. The zero-order chi connectivity index (χ0) is 12.3. The summed E-state index contributed by atoms with van der Waals surface area (Å²) >= 11 is 0. The Bertz CT molecular complexity index is 421. The van der Waals surface area contributed by atoms with Gasteiger partial charge >= 0.3 is 0 Å². The quantitative estimate of drug-likeness (QED) is 0.774. The van der Waals surface area contributed by atoms with Gasteiger partial charge in [0.2, 0.25) is 0 Å². The van der Waals surface area contributed by atoms with Gasteiger partial charge in [-0.2, -0.15) is 5.26 Å². The van der Waals surface area contributed by atoms with E-state index in [1.165, 1.54) is 0 Å². The minimum atomic E-state index is 0.0470. The zero-order valence-corrected chi connectivity index (χ0v) is 10.5. The van der Waals surface area contributed by atoms with Gasteiger partial charge in [0.15, 0.2) is 0 Å². The van der Waals surface area contributed by atoms with Gasteiger partial charge in [0.25, 0.3) is 0 Å². The Labute approximate surface area is 103 Å². The Morgan fingerprint density at radius 2 is 2.06 bits per heavy atom. The summed E-state index contributed by atoms with van der Waals surface area (Å²) in [7, 11) is 0. The molecule has 0 aromatic heterocycles. The lowest BCUT2D eigenvalue weighted by Crippen LogP contribution is -2.32. The molecule has 1 aliphatic carbocycles. The van der Waals surface area contributed by atoms with E-state index >= 15 is 0 Å². The zero-order valence-electron chi connectivity index (χ0n) is 10.5. The second kappa shape index (κ2) is 5.23. The molecule has 90 valence electrons. The maximum absolute atomic E-state index is 9.17. The molecule has 0 N–H and O–H groups in total. The average molecular weight is 229 g/mol. The van der Waals surface area contributed by atoms with E-state index < -0.39 is 0 Å². The maximum atomic E-state index is 9.17. The third-order valence-electron chi connectivity index (χ3n) is 3.59. The fourth-order valence-electron chi connectivity index (χ4n) is 2.46. The average Bonchev–Trinajstić information content (AvgIpc) is 2.32. The Morgan fingerprint density at radius 1 is 1.29 bits per heavy atom. The first-order valence-electron chi connectivity index (χ1n) is 6.32. The van der Waals surface area contributed by atoms with Gasteiger partial charge in [-0.05, 0) is 43.7 Å². The molecule has 1 aromatic carbocycles. The van der Waals surface area contributed by atoms with Crippen molar-refractivity contribution in [2.75, 3.05) is 0 Å². The number of aryl methyl sites for hydroxylation is 1. The standard InChI is InChI=1S/C15H19NO/c1-11-7-8-13(10-16)15(9-11)17-14-6-4-3-5-12(14)2/h3-6,11,13,15H,7-9H2,1-2H3. The number of hydrogen-bond acceptors (Lipinski definition) is 2. The van der Waals surface area contributed by atoms with Crippen molar-refractivity contribution in [3.63, 3.8) is 0 Å². The van der Waals surface area contributed by atoms with Crippen molar-refractivity contribution in [2.45, 2.75) is 39.2 Å². The Balaban J connectivity index is 2.11. The second-order valence-electron chi connectivity index (χ2n) is 5.08. The molecule has 0 aliphatic heterocycles. The van der Waals surface area contributed by atoms with Crippen molar-refractivity contribution in [1.82, 2.24) is 0 Å². The molecular weight excluding hydrogens is 210 g/mol. The Hall–Kier alpha value is -1.49. The fourth-order valence-corrected chi connectivity index (χ4v) is 2.46. The number of benzene rings is 1. The second-order valence-corrected chi connectivity index (χ2v) is 5.08. The molecule has 3 atom stereocenters. The number of para-hydroxylation sites is 1. The van der Waals surface area contributed by atoms with Gasteiger partial charge in [0.1, 0.15) is 11.9 Å². The predicted octanol–water partition coefficient (Wildman–Crippen LogP) is 3.70. The van der Waals surface area contributed by atoms with Gasteiger partial charge in [0.05, 0.1) is 12.0 Å². The van der Waals surface area contributed by atoms with Crippen molar-refractivity contribution in [2.24, 2.45) is 11.8 Å². The van der Waals surface area contributed by atoms with Gasteiger partial charge in [0, 0.05) is 0 Å². The van der Waals surface area contributed by atoms with Crippen LogP contribution in [0.25, 0.3) is 0 Å². The van der Waals surface area contributed by atoms with Crippen molar-refractivity contribution < 1.29 is 4.74 Å². The SMILES string of the molecule is Cc1ccccc1OC1CC(C)CCC1C#N. The number of nitrogens with zero attached hydrogens (tertiary/aromatic N) is 1. The summed E-state index contributed by atoms with van der Waals surface area (Å²) < 4.78 is 6.04. The van der Waals surface area contributed by atoms with Crippen LogP contribution < -0.4 is 4.74 Å². The summed E-state index contributed by atoms with van der Waals surface area (Å²) in [4.78, 5) is 0. The summed E-state index contributed by atoms with van der Waals surface area (Å²) in [6, 6.07) is 10.4. The first kappa shape index (κ1) is 12.0. The highest BCUT2D eigenvalue weighted by Gasteiger charge is 2.30. The van der Waals surface area contributed by atoms with Crippen LogP contribution in [0.4, 0.5) is 0 Å². The van der Waals surface area contributed by atoms with E-state index in [2.05, 4.69) is 13.0 Å². The molecule has 1 aliphatic rings. The topological polar surface area (TPSA) is 33.0 Å².